The zero-order valence-corrected chi connectivity index (χ0v) is 19.6. The van der Waals surface area contributed by atoms with Crippen molar-refractivity contribution in [3.63, 3.8) is 0 Å². The van der Waals surface area contributed by atoms with Crippen molar-refractivity contribution in [1.82, 2.24) is 0 Å². The fourth-order valence-corrected chi connectivity index (χ4v) is 4.50. The van der Waals surface area contributed by atoms with Crippen molar-refractivity contribution in [2.45, 2.75) is 44.9 Å². The van der Waals surface area contributed by atoms with E-state index in [9.17, 15) is 9.59 Å². The summed E-state index contributed by atoms with van der Waals surface area (Å²) in [6.45, 7) is 0. The Morgan fingerprint density at radius 1 is 0.719 bits per heavy atom. The number of amides is 2. The third-order valence-electron chi connectivity index (χ3n) is 6.63. The molecule has 3 rings (SSSR count). The Hall–Kier alpha value is -3.02. The van der Waals surface area contributed by atoms with E-state index in [1.807, 2.05) is 48.5 Å². The lowest BCUT2D eigenvalue weighted by Gasteiger charge is -2.38. The molecular formula is C26H34N2O4. The van der Waals surface area contributed by atoms with Gasteiger partial charge in [0.1, 0.15) is 11.5 Å². The molecule has 6 heteroatoms. The SMILES string of the molecule is COc1ccc(N(C)C(=O)CC2(CC(=O)N(C)c3ccc(OC)cc3)CCCCC2)cc1. The van der Waals surface area contributed by atoms with Crippen LogP contribution in [0.1, 0.15) is 44.9 Å². The highest BCUT2D eigenvalue weighted by Crippen LogP contribution is 2.43. The van der Waals surface area contributed by atoms with E-state index in [0.717, 1.165) is 55.0 Å². The van der Waals surface area contributed by atoms with Crippen LogP contribution in [0.2, 0.25) is 0 Å². The van der Waals surface area contributed by atoms with E-state index >= 15 is 0 Å². The Balaban J connectivity index is 1.72. The van der Waals surface area contributed by atoms with Gasteiger partial charge in [0.2, 0.25) is 11.8 Å². The van der Waals surface area contributed by atoms with Gasteiger partial charge in [-0.15, -0.1) is 0 Å². The molecule has 0 N–H and O–H groups in total. The second-order valence-electron chi connectivity index (χ2n) is 8.72. The second-order valence-corrected chi connectivity index (χ2v) is 8.72. The molecule has 0 spiro atoms. The van der Waals surface area contributed by atoms with E-state index < -0.39 is 0 Å². The summed E-state index contributed by atoms with van der Waals surface area (Å²) in [5, 5.41) is 0. The number of benzene rings is 2. The van der Waals surface area contributed by atoms with Crippen LogP contribution in [0.25, 0.3) is 0 Å². The van der Waals surface area contributed by atoms with Crippen LogP contribution in [-0.2, 0) is 9.59 Å². The molecule has 172 valence electrons. The first-order valence-electron chi connectivity index (χ1n) is 11.2. The second kappa shape index (κ2) is 10.5. The summed E-state index contributed by atoms with van der Waals surface area (Å²) < 4.78 is 10.4. The van der Waals surface area contributed by atoms with Gasteiger partial charge in [-0.1, -0.05) is 19.3 Å². The summed E-state index contributed by atoms with van der Waals surface area (Å²) in [7, 11) is 6.84. The normalized spacial score (nSPS) is 15.0. The molecule has 0 heterocycles. The number of carbonyl (C=O) groups excluding carboxylic acids is 2. The lowest BCUT2D eigenvalue weighted by Crippen LogP contribution is -2.39. The summed E-state index contributed by atoms with van der Waals surface area (Å²) in [5.41, 5.74) is 1.35. The lowest BCUT2D eigenvalue weighted by atomic mass is 9.69. The Morgan fingerprint density at radius 2 is 1.09 bits per heavy atom. The first-order valence-corrected chi connectivity index (χ1v) is 11.2. The fourth-order valence-electron chi connectivity index (χ4n) is 4.50. The van der Waals surface area contributed by atoms with Gasteiger partial charge in [0.25, 0.3) is 0 Å². The summed E-state index contributed by atoms with van der Waals surface area (Å²) in [5.74, 6) is 1.59. The standard InChI is InChI=1S/C26H34N2O4/c1-27(20-8-12-22(31-3)13-9-20)24(29)18-26(16-6-5-7-17-26)19-25(30)28(2)21-10-14-23(32-4)15-11-21/h8-15H,5-7,16-19H2,1-4H3. The molecule has 2 aromatic rings. The summed E-state index contributed by atoms with van der Waals surface area (Å²) >= 11 is 0. The fraction of sp³-hybridized carbons (Fsp3) is 0.462. The van der Waals surface area contributed by atoms with Gasteiger partial charge in [-0.25, -0.2) is 0 Å². The topological polar surface area (TPSA) is 59.1 Å². The van der Waals surface area contributed by atoms with Gasteiger partial charge in [0, 0.05) is 38.3 Å². The molecule has 2 amide bonds. The number of rotatable bonds is 8. The molecule has 0 saturated heterocycles. The molecule has 1 saturated carbocycles. The molecule has 1 fully saturated rings. The van der Waals surface area contributed by atoms with Crippen LogP contribution in [0.3, 0.4) is 0 Å². The number of anilines is 2. The van der Waals surface area contributed by atoms with Crippen molar-refractivity contribution in [3.8, 4) is 11.5 Å². The molecule has 0 aliphatic heterocycles. The predicted octanol–water partition coefficient (Wildman–Crippen LogP) is 5.06. The van der Waals surface area contributed by atoms with Crippen LogP contribution in [-0.4, -0.2) is 40.1 Å². The summed E-state index contributed by atoms with van der Waals surface area (Å²) in [6, 6.07) is 14.9. The molecular weight excluding hydrogens is 404 g/mol. The minimum Gasteiger partial charge on any atom is -0.497 e. The van der Waals surface area contributed by atoms with E-state index in [1.165, 1.54) is 0 Å². The molecule has 0 radical (unpaired) electrons. The monoisotopic (exact) mass is 438 g/mol. The van der Waals surface area contributed by atoms with E-state index in [-0.39, 0.29) is 17.2 Å². The van der Waals surface area contributed by atoms with E-state index in [1.54, 1.807) is 38.1 Å². The minimum atomic E-state index is -0.298. The van der Waals surface area contributed by atoms with Crippen molar-refractivity contribution < 1.29 is 19.1 Å². The number of carbonyl (C=O) groups is 2. The molecule has 6 nitrogen and oxygen atoms in total. The maximum atomic E-state index is 13.2. The average Bonchev–Trinajstić information content (AvgIpc) is 2.83. The maximum Gasteiger partial charge on any atom is 0.227 e. The Labute approximate surface area is 191 Å². The minimum absolute atomic E-state index is 0.0389. The van der Waals surface area contributed by atoms with Crippen LogP contribution in [0.15, 0.2) is 48.5 Å². The molecule has 0 aromatic heterocycles. The van der Waals surface area contributed by atoms with Crippen molar-refractivity contribution in [2.75, 3.05) is 38.1 Å². The van der Waals surface area contributed by atoms with E-state index in [4.69, 9.17) is 9.47 Å². The smallest absolute Gasteiger partial charge is 0.227 e. The number of nitrogens with zero attached hydrogens (tertiary/aromatic N) is 2. The maximum absolute atomic E-state index is 13.2. The molecule has 1 aliphatic rings. The third kappa shape index (κ3) is 5.61. The van der Waals surface area contributed by atoms with Gasteiger partial charge in [-0.3, -0.25) is 9.59 Å². The van der Waals surface area contributed by atoms with E-state index in [2.05, 4.69) is 0 Å². The van der Waals surface area contributed by atoms with Crippen molar-refractivity contribution in [1.29, 1.82) is 0 Å². The van der Waals surface area contributed by atoms with Gasteiger partial charge in [-0.05, 0) is 66.8 Å². The first kappa shape index (κ1) is 23.6. The van der Waals surface area contributed by atoms with Crippen LogP contribution in [0, 0.1) is 5.41 Å². The molecule has 32 heavy (non-hydrogen) atoms. The number of ether oxygens (including phenoxy) is 2. The predicted molar refractivity (Wildman–Crippen MR) is 128 cm³/mol. The molecule has 2 aromatic carbocycles. The molecule has 1 aliphatic carbocycles. The zero-order valence-electron chi connectivity index (χ0n) is 19.6. The quantitative estimate of drug-likeness (QED) is 0.578. The average molecular weight is 439 g/mol. The highest BCUT2D eigenvalue weighted by molar-refractivity contribution is 5.96. The van der Waals surface area contributed by atoms with Crippen molar-refractivity contribution in [3.05, 3.63) is 48.5 Å². The summed E-state index contributed by atoms with van der Waals surface area (Å²) in [4.78, 5) is 29.8. The molecule has 0 atom stereocenters. The van der Waals surface area contributed by atoms with Gasteiger partial charge in [-0.2, -0.15) is 0 Å². The Kier molecular flexibility index (Phi) is 7.78. The molecule has 0 unspecified atom stereocenters. The molecule has 0 bridgehead atoms. The summed E-state index contributed by atoms with van der Waals surface area (Å²) in [6.07, 6.45) is 5.81. The van der Waals surface area contributed by atoms with Gasteiger partial charge in [0.15, 0.2) is 0 Å². The number of methoxy groups -OCH3 is 2. The highest BCUT2D eigenvalue weighted by Gasteiger charge is 2.38. The largest absolute Gasteiger partial charge is 0.497 e. The van der Waals surface area contributed by atoms with Gasteiger partial charge >= 0.3 is 0 Å². The van der Waals surface area contributed by atoms with Crippen LogP contribution >= 0.6 is 0 Å². The number of hydrogen-bond donors (Lipinski definition) is 0. The van der Waals surface area contributed by atoms with E-state index in [0.29, 0.717) is 12.8 Å². The van der Waals surface area contributed by atoms with Gasteiger partial charge < -0.3 is 19.3 Å². The van der Waals surface area contributed by atoms with Gasteiger partial charge in [0.05, 0.1) is 14.2 Å². The first-order chi connectivity index (χ1) is 15.4. The van der Waals surface area contributed by atoms with Crippen LogP contribution < -0.4 is 19.3 Å². The van der Waals surface area contributed by atoms with Crippen molar-refractivity contribution >= 4 is 23.2 Å². The van der Waals surface area contributed by atoms with Crippen LogP contribution in [0.4, 0.5) is 11.4 Å². The van der Waals surface area contributed by atoms with Crippen LogP contribution in [0.5, 0.6) is 11.5 Å². The highest BCUT2D eigenvalue weighted by atomic mass is 16.5. The lowest BCUT2D eigenvalue weighted by molar-refractivity contribution is -0.124. The Morgan fingerprint density at radius 3 is 1.44 bits per heavy atom. The number of hydrogen-bond acceptors (Lipinski definition) is 4. The van der Waals surface area contributed by atoms with Crippen molar-refractivity contribution in [2.24, 2.45) is 5.41 Å². The third-order valence-corrected chi connectivity index (χ3v) is 6.63. The Bertz CT molecular complexity index is 833. The zero-order chi connectivity index (χ0) is 23.1.